The Balaban J connectivity index is 2.03. The van der Waals surface area contributed by atoms with E-state index in [-0.39, 0.29) is 28.2 Å². The number of nitrogens with one attached hydrogen (secondary N) is 2. The summed E-state index contributed by atoms with van der Waals surface area (Å²) in [7, 11) is -3.95. The molecule has 0 aliphatic heterocycles. The Kier molecular flexibility index (Phi) is 5.75. The maximum absolute atomic E-state index is 13.1. The van der Waals surface area contributed by atoms with E-state index in [0.29, 0.717) is 27.9 Å². The molecule has 0 radical (unpaired) electrons. The van der Waals surface area contributed by atoms with Crippen molar-refractivity contribution in [1.82, 2.24) is 5.16 Å². The number of nitrogens with zero attached hydrogens (tertiary/aromatic N) is 1. The van der Waals surface area contributed by atoms with Crippen molar-refractivity contribution in [2.75, 3.05) is 10.0 Å². The summed E-state index contributed by atoms with van der Waals surface area (Å²) in [6, 6.07) is 11.2. The molecule has 3 aromatic rings. The van der Waals surface area contributed by atoms with Crippen LogP contribution in [0.5, 0.6) is 0 Å². The number of sulfonamides is 1. The highest BCUT2D eigenvalue weighted by atomic mass is 32.2. The van der Waals surface area contributed by atoms with E-state index in [1.807, 2.05) is 0 Å². The third-order valence-corrected chi connectivity index (χ3v) is 5.96. The standard InChI is InChI=1S/C21H21N3O5S/c1-12-8-9-17(20-13(2)23-29-21(20)22-15(4)26)11-19(12)30(27,28)24-18-7-5-6-16(10-18)14(3)25/h5-11,24H,1-4H3,(H,22,26). The highest BCUT2D eigenvalue weighted by Gasteiger charge is 2.22. The molecular weight excluding hydrogens is 406 g/mol. The van der Waals surface area contributed by atoms with Crippen molar-refractivity contribution in [3.63, 3.8) is 0 Å². The Morgan fingerprint density at radius 3 is 2.43 bits per heavy atom. The number of rotatable bonds is 6. The summed E-state index contributed by atoms with van der Waals surface area (Å²) >= 11 is 0. The summed E-state index contributed by atoms with van der Waals surface area (Å²) in [6.07, 6.45) is 0. The van der Waals surface area contributed by atoms with Crippen molar-refractivity contribution in [2.45, 2.75) is 32.6 Å². The van der Waals surface area contributed by atoms with Gasteiger partial charge in [0.05, 0.1) is 16.2 Å². The minimum Gasteiger partial charge on any atom is -0.337 e. The van der Waals surface area contributed by atoms with Crippen LogP contribution in [-0.2, 0) is 14.8 Å². The zero-order chi connectivity index (χ0) is 22.1. The number of Topliss-reactive ketones (excluding diaryl/α,β-unsaturated/α-hetero) is 1. The summed E-state index contributed by atoms with van der Waals surface area (Å²) < 4.78 is 33.8. The average Bonchev–Trinajstić information content (AvgIpc) is 3.01. The van der Waals surface area contributed by atoms with Crippen molar-refractivity contribution in [2.24, 2.45) is 0 Å². The predicted molar refractivity (Wildman–Crippen MR) is 113 cm³/mol. The summed E-state index contributed by atoms with van der Waals surface area (Å²) in [4.78, 5) is 23.1. The topological polar surface area (TPSA) is 118 Å². The lowest BCUT2D eigenvalue weighted by Crippen LogP contribution is -2.15. The van der Waals surface area contributed by atoms with E-state index < -0.39 is 10.0 Å². The smallest absolute Gasteiger partial charge is 0.262 e. The van der Waals surface area contributed by atoms with E-state index >= 15 is 0 Å². The quantitative estimate of drug-likeness (QED) is 0.576. The van der Waals surface area contributed by atoms with E-state index in [0.717, 1.165) is 0 Å². The number of aryl methyl sites for hydroxylation is 2. The summed E-state index contributed by atoms with van der Waals surface area (Å²) in [5.41, 5.74) is 2.76. The van der Waals surface area contributed by atoms with E-state index in [1.165, 1.54) is 26.0 Å². The number of hydrogen-bond acceptors (Lipinski definition) is 6. The maximum atomic E-state index is 13.1. The van der Waals surface area contributed by atoms with E-state index in [2.05, 4.69) is 15.2 Å². The number of carbonyl (C=O) groups excluding carboxylic acids is 2. The lowest BCUT2D eigenvalue weighted by atomic mass is 10.0. The minimum atomic E-state index is -3.95. The molecular formula is C21H21N3O5S. The summed E-state index contributed by atoms with van der Waals surface area (Å²) in [5, 5.41) is 6.42. The zero-order valence-electron chi connectivity index (χ0n) is 16.9. The Morgan fingerprint density at radius 1 is 1.03 bits per heavy atom. The molecule has 2 N–H and O–H groups in total. The first kappa shape index (κ1) is 21.3. The molecule has 0 aliphatic rings. The molecule has 1 aromatic heterocycles. The van der Waals surface area contributed by atoms with Crippen LogP contribution in [0.1, 0.15) is 35.5 Å². The molecule has 156 valence electrons. The molecule has 8 nitrogen and oxygen atoms in total. The number of ketones is 1. The number of anilines is 2. The average molecular weight is 427 g/mol. The molecule has 9 heteroatoms. The van der Waals surface area contributed by atoms with E-state index in [9.17, 15) is 18.0 Å². The van der Waals surface area contributed by atoms with Crippen LogP contribution in [0, 0.1) is 13.8 Å². The van der Waals surface area contributed by atoms with E-state index in [4.69, 9.17) is 4.52 Å². The fourth-order valence-electron chi connectivity index (χ4n) is 3.01. The molecule has 3 rings (SSSR count). The lowest BCUT2D eigenvalue weighted by molar-refractivity contribution is -0.114. The van der Waals surface area contributed by atoms with Crippen molar-refractivity contribution in [3.8, 4) is 11.1 Å². The molecule has 1 heterocycles. The van der Waals surface area contributed by atoms with Crippen molar-refractivity contribution >= 4 is 33.3 Å². The van der Waals surface area contributed by atoms with Crippen LogP contribution in [0.2, 0.25) is 0 Å². The van der Waals surface area contributed by atoms with Gasteiger partial charge >= 0.3 is 0 Å². The van der Waals surface area contributed by atoms with Crippen LogP contribution in [0.25, 0.3) is 11.1 Å². The Morgan fingerprint density at radius 2 is 1.77 bits per heavy atom. The second-order valence-electron chi connectivity index (χ2n) is 6.88. The Hall–Kier alpha value is -3.46. The second-order valence-corrected chi connectivity index (χ2v) is 8.53. The van der Waals surface area contributed by atoms with Gasteiger partial charge in [0.1, 0.15) is 0 Å². The molecule has 0 unspecified atom stereocenters. The van der Waals surface area contributed by atoms with Crippen LogP contribution >= 0.6 is 0 Å². The molecule has 0 spiro atoms. The van der Waals surface area contributed by atoms with Gasteiger partial charge in [-0.15, -0.1) is 0 Å². The first-order valence-electron chi connectivity index (χ1n) is 9.07. The third kappa shape index (κ3) is 4.41. The highest BCUT2D eigenvalue weighted by molar-refractivity contribution is 7.92. The fourth-order valence-corrected chi connectivity index (χ4v) is 4.33. The van der Waals surface area contributed by atoms with Gasteiger partial charge in [0, 0.05) is 18.2 Å². The number of benzene rings is 2. The predicted octanol–water partition coefficient (Wildman–Crippen LogP) is 3.92. The van der Waals surface area contributed by atoms with Gasteiger partial charge in [-0.3, -0.25) is 19.6 Å². The SMILES string of the molecule is CC(=O)Nc1onc(C)c1-c1ccc(C)c(S(=O)(=O)Nc2cccc(C(C)=O)c2)c1. The Labute approximate surface area is 174 Å². The molecule has 0 aliphatic carbocycles. The van der Waals surface area contributed by atoms with Gasteiger partial charge in [-0.25, -0.2) is 8.42 Å². The van der Waals surface area contributed by atoms with Crippen LogP contribution in [0.4, 0.5) is 11.6 Å². The lowest BCUT2D eigenvalue weighted by Gasteiger charge is -2.13. The first-order chi connectivity index (χ1) is 14.1. The second kappa shape index (κ2) is 8.11. The number of amides is 1. The molecule has 0 atom stereocenters. The summed E-state index contributed by atoms with van der Waals surface area (Å²) in [5.74, 6) is -0.351. The van der Waals surface area contributed by atoms with Gasteiger partial charge in [-0.05, 0) is 50.1 Å². The van der Waals surface area contributed by atoms with Crippen LogP contribution in [0.3, 0.4) is 0 Å². The Bertz CT molecular complexity index is 1250. The van der Waals surface area contributed by atoms with Gasteiger partial charge in [-0.1, -0.05) is 29.4 Å². The first-order valence-corrected chi connectivity index (χ1v) is 10.6. The number of carbonyl (C=O) groups is 2. The normalized spacial score (nSPS) is 11.2. The van der Waals surface area contributed by atoms with Crippen molar-refractivity contribution < 1.29 is 22.5 Å². The van der Waals surface area contributed by atoms with Gasteiger partial charge < -0.3 is 4.52 Å². The maximum Gasteiger partial charge on any atom is 0.262 e. The molecule has 0 saturated heterocycles. The molecule has 0 saturated carbocycles. The zero-order valence-corrected chi connectivity index (χ0v) is 17.8. The van der Waals surface area contributed by atoms with Crippen LogP contribution < -0.4 is 10.0 Å². The molecule has 0 fully saturated rings. The number of hydrogen-bond donors (Lipinski definition) is 2. The molecule has 2 aromatic carbocycles. The van der Waals surface area contributed by atoms with Crippen LogP contribution in [0.15, 0.2) is 51.9 Å². The third-order valence-electron chi connectivity index (χ3n) is 4.44. The van der Waals surface area contributed by atoms with Crippen LogP contribution in [-0.4, -0.2) is 25.3 Å². The van der Waals surface area contributed by atoms with Crippen molar-refractivity contribution in [1.29, 1.82) is 0 Å². The van der Waals surface area contributed by atoms with Gasteiger partial charge in [0.25, 0.3) is 10.0 Å². The van der Waals surface area contributed by atoms with Gasteiger partial charge in [0.15, 0.2) is 5.78 Å². The van der Waals surface area contributed by atoms with Crippen molar-refractivity contribution in [3.05, 3.63) is 59.3 Å². The number of aromatic nitrogens is 1. The molecule has 1 amide bonds. The van der Waals surface area contributed by atoms with E-state index in [1.54, 1.807) is 44.2 Å². The van der Waals surface area contributed by atoms with Gasteiger partial charge in [0.2, 0.25) is 11.8 Å². The largest absolute Gasteiger partial charge is 0.337 e. The molecule has 0 bridgehead atoms. The van der Waals surface area contributed by atoms with Gasteiger partial charge in [-0.2, -0.15) is 0 Å². The highest BCUT2D eigenvalue weighted by Crippen LogP contribution is 2.34. The minimum absolute atomic E-state index is 0.0580. The monoisotopic (exact) mass is 427 g/mol. The summed E-state index contributed by atoms with van der Waals surface area (Å²) in [6.45, 7) is 6.13. The molecule has 30 heavy (non-hydrogen) atoms. The fraction of sp³-hybridized carbons (Fsp3) is 0.190.